The second kappa shape index (κ2) is 10.0. The van der Waals surface area contributed by atoms with Crippen LogP contribution in [0.5, 0.6) is 0 Å². The van der Waals surface area contributed by atoms with Crippen LogP contribution in [0.1, 0.15) is 42.5 Å². The first-order valence-corrected chi connectivity index (χ1v) is 11.8. The van der Waals surface area contributed by atoms with E-state index in [0.717, 1.165) is 29.3 Å². The van der Waals surface area contributed by atoms with Gasteiger partial charge in [0.15, 0.2) is 6.61 Å². The van der Waals surface area contributed by atoms with E-state index in [1.807, 2.05) is 26.0 Å². The molecule has 1 saturated heterocycles. The number of urea groups is 1. The molecule has 0 unspecified atom stereocenters. The van der Waals surface area contributed by atoms with Crippen molar-refractivity contribution >= 4 is 35.0 Å². The number of amides is 3. The number of Topliss-reactive ketones (excluding diaryl/α,β-unsaturated/α-hetero) is 1. The van der Waals surface area contributed by atoms with Crippen LogP contribution in [0.3, 0.4) is 0 Å². The van der Waals surface area contributed by atoms with Crippen molar-refractivity contribution < 1.29 is 23.9 Å². The molecule has 1 aliphatic heterocycles. The highest BCUT2D eigenvalue weighted by atomic mass is 32.1. The quantitative estimate of drug-likeness (QED) is 0.288. The molecule has 0 atom stereocenters. The number of thiophene rings is 1. The second-order valence-corrected chi connectivity index (χ2v) is 9.13. The van der Waals surface area contributed by atoms with Gasteiger partial charge in [0, 0.05) is 28.4 Å². The second-order valence-electron chi connectivity index (χ2n) is 8.10. The maximum absolute atomic E-state index is 12.7. The summed E-state index contributed by atoms with van der Waals surface area (Å²) in [5.74, 6) is -1.15. The van der Waals surface area contributed by atoms with Crippen molar-refractivity contribution in [1.29, 1.82) is 0 Å². The van der Waals surface area contributed by atoms with Crippen molar-refractivity contribution in [1.82, 2.24) is 14.8 Å². The zero-order chi connectivity index (χ0) is 24.2. The fraction of sp³-hybridized carbons (Fsp3) is 0.280. The summed E-state index contributed by atoms with van der Waals surface area (Å²) in [6.45, 7) is 4.42. The molecule has 3 amide bonds. The number of carbonyl (C=O) groups excluding carboxylic acids is 4. The first-order valence-electron chi connectivity index (χ1n) is 10.9. The Labute approximate surface area is 201 Å². The lowest BCUT2D eigenvalue weighted by atomic mass is 10.1. The van der Waals surface area contributed by atoms with Crippen LogP contribution >= 0.6 is 11.3 Å². The lowest BCUT2D eigenvalue weighted by Crippen LogP contribution is -2.30. The average molecular weight is 480 g/mol. The van der Waals surface area contributed by atoms with Crippen LogP contribution in [-0.2, 0) is 29.0 Å². The number of nitrogens with zero attached hydrogens (tertiary/aromatic N) is 2. The first-order chi connectivity index (χ1) is 16.3. The number of carbonyl (C=O) groups is 4. The minimum atomic E-state index is -0.610. The molecule has 1 aromatic carbocycles. The van der Waals surface area contributed by atoms with Gasteiger partial charge in [-0.3, -0.25) is 14.5 Å². The van der Waals surface area contributed by atoms with E-state index in [2.05, 4.69) is 21.3 Å². The van der Waals surface area contributed by atoms with Crippen molar-refractivity contribution in [3.63, 3.8) is 0 Å². The molecular formula is C25H25N3O5S. The number of aryl methyl sites for hydroxylation is 2. The van der Waals surface area contributed by atoms with Gasteiger partial charge < -0.3 is 14.6 Å². The molecule has 0 spiro atoms. The van der Waals surface area contributed by atoms with E-state index in [-0.39, 0.29) is 37.0 Å². The molecule has 1 fully saturated rings. The number of hydrogen-bond donors (Lipinski definition) is 1. The Hall–Kier alpha value is -3.72. The van der Waals surface area contributed by atoms with Gasteiger partial charge in [-0.15, -0.1) is 11.3 Å². The number of ether oxygens (including phenoxy) is 1. The van der Waals surface area contributed by atoms with E-state index < -0.39 is 12.0 Å². The molecule has 4 rings (SSSR count). The molecule has 0 bridgehead atoms. The van der Waals surface area contributed by atoms with E-state index in [0.29, 0.717) is 11.1 Å². The zero-order valence-corrected chi connectivity index (χ0v) is 19.8. The van der Waals surface area contributed by atoms with Crippen molar-refractivity contribution in [3.05, 3.63) is 80.8 Å². The van der Waals surface area contributed by atoms with E-state index >= 15 is 0 Å². The summed E-state index contributed by atoms with van der Waals surface area (Å²) in [7, 11) is 0. The topological polar surface area (TPSA) is 97.7 Å². The first kappa shape index (κ1) is 23.4. The Morgan fingerprint density at radius 3 is 2.53 bits per heavy atom. The number of aromatic nitrogens is 1. The van der Waals surface area contributed by atoms with Crippen molar-refractivity contribution in [3.8, 4) is 0 Å². The van der Waals surface area contributed by atoms with Crippen LogP contribution in [0.15, 0.2) is 47.8 Å². The minimum Gasteiger partial charge on any atom is -0.454 e. The molecule has 34 heavy (non-hydrogen) atoms. The Balaban J connectivity index is 1.33. The number of hydrogen-bond acceptors (Lipinski definition) is 6. The molecule has 8 nitrogen and oxygen atoms in total. The molecule has 3 heterocycles. The van der Waals surface area contributed by atoms with E-state index in [1.54, 1.807) is 35.6 Å². The monoisotopic (exact) mass is 479 g/mol. The van der Waals surface area contributed by atoms with Gasteiger partial charge in [-0.05, 0) is 55.5 Å². The van der Waals surface area contributed by atoms with Crippen LogP contribution in [0.25, 0.3) is 0 Å². The molecule has 176 valence electrons. The summed E-state index contributed by atoms with van der Waals surface area (Å²) >= 11 is 1.71. The number of nitrogens with one attached hydrogen (secondary N) is 1. The summed E-state index contributed by atoms with van der Waals surface area (Å²) in [5.41, 5.74) is 3.40. The molecule has 3 aromatic rings. The number of rotatable bonds is 9. The average Bonchev–Trinajstić information content (AvgIpc) is 3.53. The Bertz CT molecular complexity index is 1210. The van der Waals surface area contributed by atoms with Gasteiger partial charge in [0.2, 0.25) is 11.7 Å². The normalized spacial score (nSPS) is 13.3. The predicted octanol–water partition coefficient (Wildman–Crippen LogP) is 3.50. The molecule has 9 heteroatoms. The Kier molecular flexibility index (Phi) is 6.93. The highest BCUT2D eigenvalue weighted by Crippen LogP contribution is 2.19. The maximum Gasteiger partial charge on any atom is 0.338 e. The van der Waals surface area contributed by atoms with Crippen LogP contribution in [0.4, 0.5) is 4.79 Å². The SMILES string of the molecule is Cc1cc(C(=O)COC(=O)c2ccc(CN3C(=O)CNC3=O)cc2)c(C)n1CCc1cccs1. The van der Waals surface area contributed by atoms with Crippen LogP contribution in [0.2, 0.25) is 0 Å². The van der Waals surface area contributed by atoms with Gasteiger partial charge in [0.25, 0.3) is 0 Å². The van der Waals surface area contributed by atoms with Crippen molar-refractivity contribution in [2.75, 3.05) is 13.2 Å². The van der Waals surface area contributed by atoms with E-state index in [1.165, 1.54) is 4.88 Å². The fourth-order valence-electron chi connectivity index (χ4n) is 3.94. The van der Waals surface area contributed by atoms with Crippen LogP contribution in [0, 0.1) is 13.8 Å². The fourth-order valence-corrected chi connectivity index (χ4v) is 4.64. The molecule has 0 radical (unpaired) electrons. The summed E-state index contributed by atoms with van der Waals surface area (Å²) in [4.78, 5) is 50.9. The van der Waals surface area contributed by atoms with Crippen molar-refractivity contribution in [2.24, 2.45) is 0 Å². The van der Waals surface area contributed by atoms with Gasteiger partial charge in [0.05, 0.1) is 18.7 Å². The molecule has 1 N–H and O–H groups in total. The number of benzene rings is 1. The summed E-state index contributed by atoms with van der Waals surface area (Å²) in [5, 5.41) is 4.51. The summed E-state index contributed by atoms with van der Waals surface area (Å²) in [6.07, 6.45) is 0.892. The van der Waals surface area contributed by atoms with Gasteiger partial charge >= 0.3 is 12.0 Å². The Morgan fingerprint density at radius 1 is 1.12 bits per heavy atom. The third-order valence-electron chi connectivity index (χ3n) is 5.84. The third-order valence-corrected chi connectivity index (χ3v) is 6.77. The van der Waals surface area contributed by atoms with Gasteiger partial charge in [0.1, 0.15) is 0 Å². The maximum atomic E-state index is 12.7. The third kappa shape index (κ3) is 5.09. The standard InChI is InChI=1S/C25H25N3O5S/c1-16-12-21(17(2)27(16)10-9-20-4-3-11-34-20)22(29)15-33-24(31)19-7-5-18(6-8-19)14-28-23(30)13-26-25(28)32/h3-8,11-12H,9-10,13-15H2,1-2H3,(H,26,32). The summed E-state index contributed by atoms with van der Waals surface area (Å²) in [6, 6.07) is 11.9. The van der Waals surface area contributed by atoms with Gasteiger partial charge in [-0.25, -0.2) is 9.59 Å². The molecule has 1 aliphatic rings. The Morgan fingerprint density at radius 2 is 1.88 bits per heavy atom. The minimum absolute atomic E-state index is 0.00567. The smallest absolute Gasteiger partial charge is 0.338 e. The van der Waals surface area contributed by atoms with Crippen molar-refractivity contribution in [2.45, 2.75) is 33.4 Å². The molecule has 0 aliphatic carbocycles. The highest BCUT2D eigenvalue weighted by molar-refractivity contribution is 7.09. The van der Waals surface area contributed by atoms with E-state index in [4.69, 9.17) is 4.74 Å². The number of imide groups is 1. The molecular weight excluding hydrogens is 454 g/mol. The zero-order valence-electron chi connectivity index (χ0n) is 19.0. The molecule has 2 aromatic heterocycles. The summed E-state index contributed by atoms with van der Waals surface area (Å²) < 4.78 is 7.36. The lowest BCUT2D eigenvalue weighted by molar-refractivity contribution is -0.125. The lowest BCUT2D eigenvalue weighted by Gasteiger charge is -2.12. The number of ketones is 1. The van der Waals surface area contributed by atoms with Crippen LogP contribution in [-0.4, -0.2) is 46.3 Å². The number of esters is 1. The largest absolute Gasteiger partial charge is 0.454 e. The molecule has 0 saturated carbocycles. The van der Waals surface area contributed by atoms with Crippen LogP contribution < -0.4 is 5.32 Å². The van der Waals surface area contributed by atoms with E-state index in [9.17, 15) is 19.2 Å². The predicted molar refractivity (Wildman–Crippen MR) is 127 cm³/mol. The van der Waals surface area contributed by atoms with Gasteiger partial charge in [-0.1, -0.05) is 18.2 Å². The van der Waals surface area contributed by atoms with Gasteiger partial charge in [-0.2, -0.15) is 0 Å². The highest BCUT2D eigenvalue weighted by Gasteiger charge is 2.28.